The van der Waals surface area contributed by atoms with E-state index < -0.39 is 11.7 Å². The van der Waals surface area contributed by atoms with Crippen LogP contribution in [-0.2, 0) is 6.18 Å². The highest BCUT2D eigenvalue weighted by Crippen LogP contribution is 2.39. The van der Waals surface area contributed by atoms with Crippen molar-refractivity contribution in [3.05, 3.63) is 52.0 Å². The molecule has 0 saturated heterocycles. The zero-order valence-electron chi connectivity index (χ0n) is 10.5. The van der Waals surface area contributed by atoms with E-state index >= 15 is 0 Å². The van der Waals surface area contributed by atoms with Crippen LogP contribution in [0.3, 0.4) is 0 Å². The lowest BCUT2D eigenvalue weighted by Gasteiger charge is -2.14. The SMILES string of the molecule is Cc1cc(Oc2cc(Br)ccc2C(F)(F)F)ccc1N. The van der Waals surface area contributed by atoms with Gasteiger partial charge in [0.25, 0.3) is 0 Å². The molecule has 2 rings (SSSR count). The molecule has 0 spiro atoms. The maximum Gasteiger partial charge on any atom is 0.419 e. The van der Waals surface area contributed by atoms with Gasteiger partial charge in [0.2, 0.25) is 0 Å². The van der Waals surface area contributed by atoms with E-state index in [1.807, 2.05) is 0 Å². The minimum Gasteiger partial charge on any atom is -0.457 e. The summed E-state index contributed by atoms with van der Waals surface area (Å²) in [5.74, 6) is 0.0522. The lowest BCUT2D eigenvalue weighted by atomic mass is 10.2. The number of nitrogen functional groups attached to an aromatic ring is 1. The number of aryl methyl sites for hydroxylation is 1. The van der Waals surface area contributed by atoms with E-state index in [0.29, 0.717) is 15.9 Å². The van der Waals surface area contributed by atoms with E-state index in [1.165, 1.54) is 18.2 Å². The van der Waals surface area contributed by atoms with Crippen molar-refractivity contribution in [1.29, 1.82) is 0 Å². The summed E-state index contributed by atoms with van der Waals surface area (Å²) in [6, 6.07) is 8.30. The number of hydrogen-bond acceptors (Lipinski definition) is 2. The Morgan fingerprint density at radius 2 is 1.80 bits per heavy atom. The van der Waals surface area contributed by atoms with Crippen LogP contribution >= 0.6 is 15.9 Å². The van der Waals surface area contributed by atoms with E-state index in [1.54, 1.807) is 19.1 Å². The summed E-state index contributed by atoms with van der Waals surface area (Å²) in [5.41, 5.74) is 6.14. The lowest BCUT2D eigenvalue weighted by molar-refractivity contribution is -0.138. The second kappa shape index (κ2) is 5.36. The lowest BCUT2D eigenvalue weighted by Crippen LogP contribution is -2.07. The molecule has 0 aliphatic heterocycles. The topological polar surface area (TPSA) is 35.2 Å². The standard InChI is InChI=1S/C14H11BrF3NO/c1-8-6-10(3-5-12(8)19)20-13-7-9(15)2-4-11(13)14(16,17)18/h2-7H,19H2,1H3. The number of ether oxygens (including phenoxy) is 1. The van der Waals surface area contributed by atoms with Gasteiger partial charge in [0.1, 0.15) is 11.5 Å². The van der Waals surface area contributed by atoms with Gasteiger partial charge in [-0.2, -0.15) is 13.2 Å². The van der Waals surface area contributed by atoms with Gasteiger partial charge in [0.15, 0.2) is 0 Å². The molecule has 0 aliphatic carbocycles. The minimum absolute atomic E-state index is 0.254. The Bertz CT molecular complexity index is 641. The van der Waals surface area contributed by atoms with E-state index in [4.69, 9.17) is 10.5 Å². The molecule has 0 radical (unpaired) electrons. The molecule has 0 amide bonds. The number of anilines is 1. The Hall–Kier alpha value is -1.69. The Morgan fingerprint density at radius 1 is 1.10 bits per heavy atom. The van der Waals surface area contributed by atoms with Crippen molar-refractivity contribution < 1.29 is 17.9 Å². The number of nitrogens with two attached hydrogens (primary N) is 1. The van der Waals surface area contributed by atoms with Crippen molar-refractivity contribution in [2.24, 2.45) is 0 Å². The molecule has 0 aliphatic rings. The van der Waals surface area contributed by atoms with Crippen LogP contribution in [-0.4, -0.2) is 0 Å². The summed E-state index contributed by atoms with van der Waals surface area (Å²) in [7, 11) is 0. The fourth-order valence-corrected chi connectivity index (χ4v) is 1.99. The van der Waals surface area contributed by atoms with Gasteiger partial charge >= 0.3 is 6.18 Å². The van der Waals surface area contributed by atoms with Crippen LogP contribution in [0.5, 0.6) is 11.5 Å². The Balaban J connectivity index is 2.42. The number of hydrogen-bond donors (Lipinski definition) is 1. The molecule has 0 heterocycles. The van der Waals surface area contributed by atoms with Crippen LogP contribution in [0.25, 0.3) is 0 Å². The van der Waals surface area contributed by atoms with Crippen molar-refractivity contribution >= 4 is 21.6 Å². The molecule has 0 unspecified atom stereocenters. The highest BCUT2D eigenvalue weighted by Gasteiger charge is 2.34. The fourth-order valence-electron chi connectivity index (χ4n) is 1.65. The average molecular weight is 346 g/mol. The third-order valence-electron chi connectivity index (χ3n) is 2.72. The van der Waals surface area contributed by atoms with Crippen molar-refractivity contribution in [3.8, 4) is 11.5 Å². The number of halogens is 4. The van der Waals surface area contributed by atoms with Gasteiger partial charge in [-0.25, -0.2) is 0 Å². The zero-order chi connectivity index (χ0) is 14.9. The van der Waals surface area contributed by atoms with Gasteiger partial charge in [-0.05, 0) is 48.9 Å². The molecule has 20 heavy (non-hydrogen) atoms. The van der Waals surface area contributed by atoms with Gasteiger partial charge in [0, 0.05) is 10.2 Å². The summed E-state index contributed by atoms with van der Waals surface area (Å²) in [6.45, 7) is 1.76. The van der Waals surface area contributed by atoms with Crippen LogP contribution < -0.4 is 10.5 Å². The van der Waals surface area contributed by atoms with Crippen LogP contribution in [0.4, 0.5) is 18.9 Å². The van der Waals surface area contributed by atoms with Gasteiger partial charge in [-0.1, -0.05) is 15.9 Å². The normalized spacial score (nSPS) is 11.4. The van der Waals surface area contributed by atoms with E-state index in [9.17, 15) is 13.2 Å². The summed E-state index contributed by atoms with van der Waals surface area (Å²) in [6.07, 6.45) is -4.47. The molecule has 0 bridgehead atoms. The monoisotopic (exact) mass is 345 g/mol. The molecule has 6 heteroatoms. The highest BCUT2D eigenvalue weighted by molar-refractivity contribution is 9.10. The predicted molar refractivity (Wildman–Crippen MR) is 74.8 cm³/mol. The van der Waals surface area contributed by atoms with Crippen molar-refractivity contribution in [3.63, 3.8) is 0 Å². The van der Waals surface area contributed by atoms with Gasteiger partial charge < -0.3 is 10.5 Å². The average Bonchev–Trinajstić information content (AvgIpc) is 2.32. The number of rotatable bonds is 2. The van der Waals surface area contributed by atoms with Crippen molar-refractivity contribution in [1.82, 2.24) is 0 Å². The zero-order valence-corrected chi connectivity index (χ0v) is 12.0. The summed E-state index contributed by atoms with van der Waals surface area (Å²) in [4.78, 5) is 0. The first-order valence-corrected chi connectivity index (χ1v) is 6.47. The van der Waals surface area contributed by atoms with Crippen LogP contribution in [0.15, 0.2) is 40.9 Å². The third-order valence-corrected chi connectivity index (χ3v) is 3.21. The molecule has 0 atom stereocenters. The molecular formula is C14H11BrF3NO. The Kier molecular flexibility index (Phi) is 3.94. The number of benzene rings is 2. The van der Waals surface area contributed by atoms with Crippen molar-refractivity contribution in [2.45, 2.75) is 13.1 Å². The smallest absolute Gasteiger partial charge is 0.419 e. The fraction of sp³-hybridized carbons (Fsp3) is 0.143. The summed E-state index contributed by atoms with van der Waals surface area (Å²) >= 11 is 3.14. The van der Waals surface area contributed by atoms with Crippen LogP contribution in [0, 0.1) is 6.92 Å². The molecule has 2 aromatic rings. The first kappa shape index (κ1) is 14.7. The third kappa shape index (κ3) is 3.25. The second-order valence-corrected chi connectivity index (χ2v) is 5.17. The molecule has 2 aromatic carbocycles. The van der Waals surface area contributed by atoms with Crippen LogP contribution in [0.1, 0.15) is 11.1 Å². The predicted octanol–water partition coefficient (Wildman–Crippen LogP) is 5.15. The Labute approximate surface area is 122 Å². The van der Waals surface area contributed by atoms with Gasteiger partial charge in [0.05, 0.1) is 5.56 Å². The van der Waals surface area contributed by atoms with Gasteiger partial charge in [-0.15, -0.1) is 0 Å². The summed E-state index contributed by atoms with van der Waals surface area (Å²) < 4.78 is 44.6. The maximum atomic E-state index is 12.9. The number of alkyl halides is 3. The van der Waals surface area contributed by atoms with E-state index in [-0.39, 0.29) is 5.75 Å². The molecule has 2 nitrogen and oxygen atoms in total. The molecular weight excluding hydrogens is 335 g/mol. The van der Waals surface area contributed by atoms with Crippen molar-refractivity contribution in [2.75, 3.05) is 5.73 Å². The minimum atomic E-state index is -4.47. The molecule has 106 valence electrons. The highest BCUT2D eigenvalue weighted by atomic mass is 79.9. The largest absolute Gasteiger partial charge is 0.457 e. The molecule has 2 N–H and O–H groups in total. The molecule has 0 aromatic heterocycles. The molecule has 0 saturated carbocycles. The van der Waals surface area contributed by atoms with E-state index in [2.05, 4.69) is 15.9 Å². The second-order valence-electron chi connectivity index (χ2n) is 4.26. The molecule has 0 fully saturated rings. The first-order valence-electron chi connectivity index (χ1n) is 5.68. The van der Waals surface area contributed by atoms with Gasteiger partial charge in [-0.3, -0.25) is 0 Å². The summed E-state index contributed by atoms with van der Waals surface area (Å²) in [5, 5.41) is 0. The van der Waals surface area contributed by atoms with Crippen LogP contribution in [0.2, 0.25) is 0 Å². The first-order chi connectivity index (χ1) is 9.27. The quantitative estimate of drug-likeness (QED) is 0.763. The Morgan fingerprint density at radius 3 is 2.40 bits per heavy atom. The maximum absolute atomic E-state index is 12.9. The van der Waals surface area contributed by atoms with E-state index in [0.717, 1.165) is 11.6 Å².